The monoisotopic (exact) mass is 382 g/mol. The molecule has 140 valence electrons. The van der Waals surface area contributed by atoms with E-state index in [2.05, 4.69) is 15.0 Å². The van der Waals surface area contributed by atoms with Crippen LogP contribution in [0.15, 0.2) is 84.4 Å². The lowest BCUT2D eigenvalue weighted by atomic mass is 10.1. The SMILES string of the molecule is FC1C=NC=CN1c1ccc2nc(-c3ccccn3)c(-c3ccccn3)nc2c1. The summed E-state index contributed by atoms with van der Waals surface area (Å²) in [5, 5.41) is 0. The van der Waals surface area contributed by atoms with Crippen molar-refractivity contribution in [3.05, 3.63) is 79.4 Å². The van der Waals surface area contributed by atoms with E-state index in [1.165, 1.54) is 11.1 Å². The number of fused-ring (bicyclic) bond motifs is 1. The smallest absolute Gasteiger partial charge is 0.212 e. The molecule has 0 saturated heterocycles. The van der Waals surface area contributed by atoms with Crippen molar-refractivity contribution in [1.82, 2.24) is 19.9 Å². The Bertz CT molecular complexity index is 1220. The molecule has 1 aliphatic heterocycles. The maximum Gasteiger partial charge on any atom is 0.212 e. The number of nitrogens with zero attached hydrogens (tertiary/aromatic N) is 6. The molecule has 0 spiro atoms. The first kappa shape index (κ1) is 17.1. The zero-order valence-corrected chi connectivity index (χ0v) is 15.2. The number of aromatic nitrogens is 4. The maximum atomic E-state index is 14.2. The predicted molar refractivity (Wildman–Crippen MR) is 111 cm³/mol. The van der Waals surface area contributed by atoms with Gasteiger partial charge in [0.2, 0.25) is 6.30 Å². The molecule has 29 heavy (non-hydrogen) atoms. The topological polar surface area (TPSA) is 67.2 Å². The van der Waals surface area contributed by atoms with Gasteiger partial charge >= 0.3 is 0 Å². The fraction of sp³-hybridized carbons (Fsp3) is 0.0455. The van der Waals surface area contributed by atoms with Crippen molar-refractivity contribution in [3.8, 4) is 22.8 Å². The standard InChI is InChI=1S/C22H15FN6/c23-20-14-24-11-12-29(20)15-7-8-16-19(13-15)28-22(18-6-2-4-10-26-18)21(27-16)17-5-1-3-9-25-17/h1-14,20H. The number of hydrogen-bond donors (Lipinski definition) is 0. The number of hydrogen-bond acceptors (Lipinski definition) is 6. The molecule has 3 aromatic heterocycles. The minimum Gasteiger partial charge on any atom is -0.312 e. The highest BCUT2D eigenvalue weighted by atomic mass is 19.1. The molecule has 0 N–H and O–H groups in total. The van der Waals surface area contributed by atoms with E-state index in [9.17, 15) is 4.39 Å². The fourth-order valence-electron chi connectivity index (χ4n) is 3.18. The van der Waals surface area contributed by atoms with Gasteiger partial charge in [0.25, 0.3) is 0 Å². The summed E-state index contributed by atoms with van der Waals surface area (Å²) in [6, 6.07) is 16.7. The first-order chi connectivity index (χ1) is 14.3. The molecular formula is C22H15FN6. The summed E-state index contributed by atoms with van der Waals surface area (Å²) in [6.45, 7) is 0. The lowest BCUT2D eigenvalue weighted by Gasteiger charge is -2.24. The van der Waals surface area contributed by atoms with E-state index in [1.807, 2.05) is 54.6 Å². The van der Waals surface area contributed by atoms with Gasteiger partial charge in [0.1, 0.15) is 11.4 Å². The molecule has 0 saturated carbocycles. The van der Waals surface area contributed by atoms with Gasteiger partial charge in [-0.05, 0) is 42.5 Å². The van der Waals surface area contributed by atoms with E-state index in [0.717, 1.165) is 0 Å². The summed E-state index contributed by atoms with van der Waals surface area (Å²) in [5.74, 6) is 0. The second kappa shape index (κ2) is 7.20. The van der Waals surface area contributed by atoms with Crippen molar-refractivity contribution in [3.63, 3.8) is 0 Å². The molecule has 6 nitrogen and oxygen atoms in total. The van der Waals surface area contributed by atoms with Gasteiger partial charge < -0.3 is 4.90 Å². The molecule has 0 amide bonds. The molecule has 5 rings (SSSR count). The van der Waals surface area contributed by atoms with E-state index < -0.39 is 6.30 Å². The number of alkyl halides is 1. The quantitative estimate of drug-likeness (QED) is 0.491. The average Bonchev–Trinajstić information content (AvgIpc) is 2.79. The zero-order valence-electron chi connectivity index (χ0n) is 15.2. The number of anilines is 1. The summed E-state index contributed by atoms with van der Waals surface area (Å²) in [5.41, 5.74) is 4.69. The van der Waals surface area contributed by atoms with Gasteiger partial charge in [-0.15, -0.1) is 0 Å². The van der Waals surface area contributed by atoms with E-state index in [-0.39, 0.29) is 0 Å². The van der Waals surface area contributed by atoms with Crippen LogP contribution in [0, 0.1) is 0 Å². The number of halogens is 1. The number of rotatable bonds is 3. The minimum absolute atomic E-state index is 0.626. The van der Waals surface area contributed by atoms with Crippen molar-refractivity contribution in [2.75, 3.05) is 4.90 Å². The molecule has 0 radical (unpaired) electrons. The molecule has 0 bridgehead atoms. The van der Waals surface area contributed by atoms with E-state index >= 15 is 0 Å². The van der Waals surface area contributed by atoms with Crippen molar-refractivity contribution in [1.29, 1.82) is 0 Å². The third-order valence-electron chi connectivity index (χ3n) is 4.55. The van der Waals surface area contributed by atoms with Crippen LogP contribution in [0.25, 0.3) is 33.8 Å². The van der Waals surface area contributed by atoms with Crippen molar-refractivity contribution in [2.45, 2.75) is 6.30 Å². The van der Waals surface area contributed by atoms with Crippen LogP contribution in [0.1, 0.15) is 0 Å². The summed E-state index contributed by atoms with van der Waals surface area (Å²) in [4.78, 5) is 23.8. The Morgan fingerprint density at radius 3 is 2.10 bits per heavy atom. The Kier molecular flexibility index (Phi) is 4.25. The molecule has 4 aromatic rings. The highest BCUT2D eigenvalue weighted by molar-refractivity contribution is 5.87. The number of benzene rings is 1. The second-order valence-corrected chi connectivity index (χ2v) is 6.40. The third-order valence-corrected chi connectivity index (χ3v) is 4.55. The lowest BCUT2D eigenvalue weighted by molar-refractivity contribution is 0.431. The van der Waals surface area contributed by atoms with Crippen molar-refractivity contribution >= 4 is 22.9 Å². The molecule has 4 heterocycles. The summed E-state index contributed by atoms with van der Waals surface area (Å²) >= 11 is 0. The Labute approximate surface area is 166 Å². The van der Waals surface area contributed by atoms with Gasteiger partial charge in [-0.25, -0.2) is 14.4 Å². The van der Waals surface area contributed by atoms with Gasteiger partial charge in [-0.1, -0.05) is 12.1 Å². The Balaban J connectivity index is 1.70. The zero-order chi connectivity index (χ0) is 19.6. The average molecular weight is 382 g/mol. The third kappa shape index (κ3) is 3.23. The summed E-state index contributed by atoms with van der Waals surface area (Å²) in [6.07, 6.45) is 6.51. The molecule has 0 aliphatic carbocycles. The first-order valence-corrected chi connectivity index (χ1v) is 9.06. The van der Waals surface area contributed by atoms with Gasteiger partial charge in [0.05, 0.1) is 28.6 Å². The number of aliphatic imine (C=N–C) groups is 1. The van der Waals surface area contributed by atoms with Crippen LogP contribution < -0.4 is 4.90 Å². The van der Waals surface area contributed by atoms with Gasteiger partial charge in [-0.2, -0.15) is 0 Å². The lowest BCUT2D eigenvalue weighted by Crippen LogP contribution is -2.29. The molecule has 1 aliphatic rings. The Morgan fingerprint density at radius 1 is 0.793 bits per heavy atom. The van der Waals surface area contributed by atoms with Crippen LogP contribution in [0.3, 0.4) is 0 Å². The Hall–Kier alpha value is -4.00. The van der Waals surface area contributed by atoms with Crippen molar-refractivity contribution < 1.29 is 4.39 Å². The molecular weight excluding hydrogens is 367 g/mol. The molecule has 1 aromatic carbocycles. The second-order valence-electron chi connectivity index (χ2n) is 6.40. The summed E-state index contributed by atoms with van der Waals surface area (Å²) in [7, 11) is 0. The van der Waals surface area contributed by atoms with Gasteiger partial charge in [0, 0.05) is 30.5 Å². The van der Waals surface area contributed by atoms with Crippen LogP contribution >= 0.6 is 0 Å². The summed E-state index contributed by atoms with van der Waals surface area (Å²) < 4.78 is 14.2. The van der Waals surface area contributed by atoms with Crippen LogP contribution in [0.2, 0.25) is 0 Å². The van der Waals surface area contributed by atoms with Crippen LogP contribution in [-0.2, 0) is 0 Å². The molecule has 1 atom stereocenters. The minimum atomic E-state index is -1.33. The largest absolute Gasteiger partial charge is 0.312 e. The van der Waals surface area contributed by atoms with Crippen LogP contribution in [0.4, 0.5) is 10.1 Å². The molecule has 7 heteroatoms. The molecule has 0 fully saturated rings. The maximum absolute atomic E-state index is 14.2. The first-order valence-electron chi connectivity index (χ1n) is 9.06. The van der Waals surface area contributed by atoms with Crippen LogP contribution in [0.5, 0.6) is 0 Å². The van der Waals surface area contributed by atoms with Gasteiger partial charge in [0.15, 0.2) is 0 Å². The van der Waals surface area contributed by atoms with Crippen LogP contribution in [-0.4, -0.2) is 32.4 Å². The predicted octanol–water partition coefficient (Wildman–Crippen LogP) is 4.41. The fourth-order valence-corrected chi connectivity index (χ4v) is 3.18. The van der Waals surface area contributed by atoms with E-state index in [4.69, 9.17) is 9.97 Å². The van der Waals surface area contributed by atoms with Crippen molar-refractivity contribution in [2.24, 2.45) is 4.99 Å². The number of pyridine rings is 2. The van der Waals surface area contributed by atoms with Gasteiger partial charge in [-0.3, -0.25) is 15.0 Å². The normalized spacial score (nSPS) is 15.8. The molecule has 1 unspecified atom stereocenters. The van der Waals surface area contributed by atoms with E-state index in [0.29, 0.717) is 39.5 Å². The van der Waals surface area contributed by atoms with E-state index in [1.54, 1.807) is 24.8 Å². The highest BCUT2D eigenvalue weighted by Crippen LogP contribution is 2.30. The highest BCUT2D eigenvalue weighted by Gasteiger charge is 2.19. The Morgan fingerprint density at radius 2 is 1.48 bits per heavy atom.